The topological polar surface area (TPSA) is 85.3 Å². The van der Waals surface area contributed by atoms with Gasteiger partial charge in [-0.3, -0.25) is 9.59 Å². The molecule has 0 saturated carbocycles. The summed E-state index contributed by atoms with van der Waals surface area (Å²) in [7, 11) is 3.12. The van der Waals surface area contributed by atoms with Gasteiger partial charge in [-0.15, -0.1) is 0 Å². The monoisotopic (exact) mass is 439 g/mol. The van der Waals surface area contributed by atoms with Crippen molar-refractivity contribution in [1.29, 1.82) is 0 Å². The molecule has 0 spiro atoms. The van der Waals surface area contributed by atoms with Crippen LogP contribution in [-0.4, -0.2) is 55.7 Å². The zero-order valence-electron chi connectivity index (χ0n) is 18.7. The molecule has 2 aromatic rings. The summed E-state index contributed by atoms with van der Waals surface area (Å²) in [6.07, 6.45) is 1.44. The average Bonchev–Trinajstić information content (AvgIpc) is 3.07. The summed E-state index contributed by atoms with van der Waals surface area (Å²) in [6, 6.07) is 13.3. The molecule has 3 rings (SSSR count). The normalized spacial score (nSPS) is 17.6. The van der Waals surface area contributed by atoms with E-state index in [1.165, 1.54) is 12.0 Å². The van der Waals surface area contributed by atoms with E-state index in [1.807, 2.05) is 19.1 Å². The summed E-state index contributed by atoms with van der Waals surface area (Å²) in [5.41, 5.74) is 1.11. The molecule has 1 fully saturated rings. The lowest BCUT2D eigenvalue weighted by Crippen LogP contribution is -2.31. The molecule has 1 N–H and O–H groups in total. The molecule has 1 unspecified atom stereocenters. The molecule has 7 heteroatoms. The van der Waals surface area contributed by atoms with Crippen LogP contribution in [-0.2, 0) is 14.3 Å². The number of Topliss-reactive ketones (excluding diaryl/α,β-unsaturated/α-hetero) is 1. The number of para-hydroxylation sites is 1. The maximum Gasteiger partial charge on any atom is 0.295 e. The van der Waals surface area contributed by atoms with Crippen LogP contribution in [0.1, 0.15) is 36.9 Å². The second-order valence-corrected chi connectivity index (χ2v) is 7.45. The minimum atomic E-state index is -0.765. The Labute approximate surface area is 188 Å². The number of nitrogens with zero attached hydrogens (tertiary/aromatic N) is 1. The van der Waals surface area contributed by atoms with Gasteiger partial charge in [-0.2, -0.15) is 0 Å². The number of aliphatic hydroxyl groups excluding tert-OH is 1. The highest BCUT2D eigenvalue weighted by Gasteiger charge is 2.46. The van der Waals surface area contributed by atoms with E-state index in [1.54, 1.807) is 43.5 Å². The Hall–Kier alpha value is -3.32. The highest BCUT2D eigenvalue weighted by atomic mass is 16.5. The molecular weight excluding hydrogens is 410 g/mol. The lowest BCUT2D eigenvalue weighted by molar-refractivity contribution is -0.140. The lowest BCUT2D eigenvalue weighted by atomic mass is 9.94. The molecule has 1 aliphatic rings. The quantitative estimate of drug-likeness (QED) is 0.261. The van der Waals surface area contributed by atoms with E-state index in [0.717, 1.165) is 6.42 Å². The van der Waals surface area contributed by atoms with Crippen LogP contribution in [0.5, 0.6) is 11.5 Å². The van der Waals surface area contributed by atoms with E-state index >= 15 is 0 Å². The molecule has 1 amide bonds. The molecule has 1 atom stereocenters. The standard InChI is InChI=1S/C25H29NO6/c1-4-15-32-18-12-10-17(11-13-18)23(27)21-22(19-8-5-6-9-20(19)31-3)26(14-7-16-30-2)25(29)24(21)28/h5-6,8-13,22,27H,4,7,14-16H2,1-3H3/b23-21-. The number of amides is 1. The first-order chi connectivity index (χ1) is 15.5. The van der Waals surface area contributed by atoms with Gasteiger partial charge < -0.3 is 24.2 Å². The van der Waals surface area contributed by atoms with Crippen LogP contribution in [0, 0.1) is 0 Å². The van der Waals surface area contributed by atoms with Crippen LogP contribution < -0.4 is 9.47 Å². The summed E-state index contributed by atoms with van der Waals surface area (Å²) in [6.45, 7) is 3.36. The number of carbonyl (C=O) groups excluding carboxylic acids is 2. The predicted octanol–water partition coefficient (Wildman–Crippen LogP) is 3.94. The van der Waals surface area contributed by atoms with Crippen molar-refractivity contribution in [3.63, 3.8) is 0 Å². The van der Waals surface area contributed by atoms with E-state index in [9.17, 15) is 14.7 Å². The van der Waals surface area contributed by atoms with Gasteiger partial charge in [0.1, 0.15) is 17.3 Å². The number of hydrogen-bond acceptors (Lipinski definition) is 6. The van der Waals surface area contributed by atoms with Crippen molar-refractivity contribution < 1.29 is 28.9 Å². The SMILES string of the molecule is CCCOc1ccc(/C(O)=C2/C(=O)C(=O)N(CCCOC)C2c2ccccc2OC)cc1. The van der Waals surface area contributed by atoms with E-state index in [2.05, 4.69) is 0 Å². The number of likely N-dealkylation sites (tertiary alicyclic amines) is 1. The van der Waals surface area contributed by atoms with Crippen LogP contribution in [0.25, 0.3) is 5.76 Å². The molecule has 170 valence electrons. The van der Waals surface area contributed by atoms with Gasteiger partial charge in [0, 0.05) is 31.4 Å². The zero-order valence-corrected chi connectivity index (χ0v) is 18.7. The molecule has 0 bridgehead atoms. The number of methoxy groups -OCH3 is 2. The molecule has 1 heterocycles. The van der Waals surface area contributed by atoms with E-state index in [0.29, 0.717) is 48.8 Å². The highest BCUT2D eigenvalue weighted by Crippen LogP contribution is 2.42. The fourth-order valence-electron chi connectivity index (χ4n) is 3.79. The minimum Gasteiger partial charge on any atom is -0.507 e. The largest absolute Gasteiger partial charge is 0.507 e. The molecule has 7 nitrogen and oxygen atoms in total. The Morgan fingerprint density at radius 1 is 1.03 bits per heavy atom. The van der Waals surface area contributed by atoms with E-state index in [-0.39, 0.29) is 11.3 Å². The predicted molar refractivity (Wildman–Crippen MR) is 121 cm³/mol. The average molecular weight is 440 g/mol. The van der Waals surface area contributed by atoms with Crippen LogP contribution >= 0.6 is 0 Å². The molecule has 2 aromatic carbocycles. The third-order valence-electron chi connectivity index (χ3n) is 5.32. The van der Waals surface area contributed by atoms with Crippen LogP contribution in [0.3, 0.4) is 0 Å². The maximum absolute atomic E-state index is 13.0. The first kappa shape index (κ1) is 23.3. The van der Waals surface area contributed by atoms with Crippen LogP contribution in [0.15, 0.2) is 54.1 Å². The summed E-state index contributed by atoms with van der Waals surface area (Å²) < 4.78 is 16.2. The molecule has 0 aliphatic carbocycles. The van der Waals surface area contributed by atoms with Gasteiger partial charge in [-0.05, 0) is 43.2 Å². The Kier molecular flexibility index (Phi) is 7.89. The first-order valence-corrected chi connectivity index (χ1v) is 10.7. The van der Waals surface area contributed by atoms with Crippen molar-refractivity contribution in [1.82, 2.24) is 4.90 Å². The van der Waals surface area contributed by atoms with E-state index in [4.69, 9.17) is 14.2 Å². The molecule has 1 saturated heterocycles. The summed E-state index contributed by atoms with van der Waals surface area (Å²) in [4.78, 5) is 27.5. The van der Waals surface area contributed by atoms with Gasteiger partial charge in [0.2, 0.25) is 0 Å². The van der Waals surface area contributed by atoms with Gasteiger partial charge >= 0.3 is 0 Å². The van der Waals surface area contributed by atoms with Gasteiger partial charge in [0.25, 0.3) is 11.7 Å². The highest BCUT2D eigenvalue weighted by molar-refractivity contribution is 6.46. The summed E-state index contributed by atoms with van der Waals surface area (Å²) >= 11 is 0. The Bertz CT molecular complexity index is 982. The zero-order chi connectivity index (χ0) is 23.1. The Balaban J connectivity index is 2.07. The van der Waals surface area contributed by atoms with Crippen LogP contribution in [0.4, 0.5) is 0 Å². The third-order valence-corrected chi connectivity index (χ3v) is 5.32. The van der Waals surface area contributed by atoms with Crippen molar-refractivity contribution in [3.05, 3.63) is 65.2 Å². The number of aliphatic hydroxyl groups is 1. The third kappa shape index (κ3) is 4.78. The fourth-order valence-corrected chi connectivity index (χ4v) is 3.79. The van der Waals surface area contributed by atoms with Crippen molar-refractivity contribution in [2.45, 2.75) is 25.8 Å². The number of ether oxygens (including phenoxy) is 3. The van der Waals surface area contributed by atoms with Crippen molar-refractivity contribution in [2.75, 3.05) is 34.0 Å². The number of ketones is 1. The lowest BCUT2D eigenvalue weighted by Gasteiger charge is -2.26. The van der Waals surface area contributed by atoms with Crippen molar-refractivity contribution in [3.8, 4) is 11.5 Å². The first-order valence-electron chi connectivity index (χ1n) is 10.7. The van der Waals surface area contributed by atoms with Crippen molar-refractivity contribution in [2.24, 2.45) is 0 Å². The Morgan fingerprint density at radius 2 is 1.75 bits per heavy atom. The summed E-state index contributed by atoms with van der Waals surface area (Å²) in [5.74, 6) is -0.394. The fraction of sp³-hybridized carbons (Fsp3) is 0.360. The molecular formula is C25H29NO6. The second-order valence-electron chi connectivity index (χ2n) is 7.45. The number of hydrogen-bond donors (Lipinski definition) is 1. The van der Waals surface area contributed by atoms with E-state index < -0.39 is 17.7 Å². The number of carbonyl (C=O) groups is 2. The summed E-state index contributed by atoms with van der Waals surface area (Å²) in [5, 5.41) is 11.1. The number of benzene rings is 2. The van der Waals surface area contributed by atoms with Gasteiger partial charge in [-0.1, -0.05) is 25.1 Å². The number of rotatable bonds is 10. The Morgan fingerprint density at radius 3 is 2.41 bits per heavy atom. The van der Waals surface area contributed by atoms with Gasteiger partial charge in [-0.25, -0.2) is 0 Å². The molecule has 32 heavy (non-hydrogen) atoms. The smallest absolute Gasteiger partial charge is 0.295 e. The van der Waals surface area contributed by atoms with Gasteiger partial charge in [0.15, 0.2) is 0 Å². The molecule has 0 aromatic heterocycles. The van der Waals surface area contributed by atoms with Gasteiger partial charge in [0.05, 0.1) is 25.3 Å². The molecule has 0 radical (unpaired) electrons. The maximum atomic E-state index is 13.0. The van der Waals surface area contributed by atoms with Crippen LogP contribution in [0.2, 0.25) is 0 Å². The second kappa shape index (κ2) is 10.8. The minimum absolute atomic E-state index is 0.0409. The molecule has 1 aliphatic heterocycles. The van der Waals surface area contributed by atoms with Crippen molar-refractivity contribution >= 4 is 17.4 Å².